The van der Waals surface area contributed by atoms with E-state index in [9.17, 15) is 9.59 Å². The zero-order chi connectivity index (χ0) is 16.1. The van der Waals surface area contributed by atoms with Crippen LogP contribution in [-0.2, 0) is 9.59 Å². The molecule has 2 rings (SSSR count). The lowest BCUT2D eigenvalue weighted by atomic mass is 10.2. The minimum absolute atomic E-state index is 0.0169. The molecule has 2 N–H and O–H groups in total. The minimum atomic E-state index is -0.185. The molecule has 2 unspecified atom stereocenters. The van der Waals surface area contributed by atoms with Gasteiger partial charge in [-0.3, -0.25) is 9.59 Å². The van der Waals surface area contributed by atoms with Crippen molar-refractivity contribution >= 4 is 33.4 Å². The smallest absolute Gasteiger partial charge is 0.228 e. The first-order chi connectivity index (χ1) is 10.5. The Morgan fingerprint density at radius 2 is 1.95 bits per heavy atom. The summed E-state index contributed by atoms with van der Waals surface area (Å²) in [5, 5.41) is 5.81. The maximum absolute atomic E-state index is 12.2. The molecule has 0 saturated heterocycles. The van der Waals surface area contributed by atoms with E-state index < -0.39 is 0 Å². The van der Waals surface area contributed by atoms with Crippen molar-refractivity contribution in [3.8, 4) is 0 Å². The fourth-order valence-corrected chi connectivity index (χ4v) is 2.70. The second kappa shape index (κ2) is 7.77. The van der Waals surface area contributed by atoms with Gasteiger partial charge < -0.3 is 10.6 Å². The predicted octanol–water partition coefficient (Wildman–Crippen LogP) is 3.64. The molecule has 22 heavy (non-hydrogen) atoms. The number of nitrogens with one attached hydrogen (secondary N) is 2. The van der Waals surface area contributed by atoms with Crippen molar-refractivity contribution in [2.45, 2.75) is 39.5 Å². The number of anilines is 1. The van der Waals surface area contributed by atoms with Crippen LogP contribution in [-0.4, -0.2) is 18.4 Å². The monoisotopic (exact) mass is 366 g/mol. The summed E-state index contributed by atoms with van der Waals surface area (Å²) >= 11 is 3.43. The minimum Gasteiger partial charge on any atom is -0.356 e. The quantitative estimate of drug-likeness (QED) is 0.723. The van der Waals surface area contributed by atoms with Gasteiger partial charge in [-0.2, -0.15) is 0 Å². The van der Waals surface area contributed by atoms with Crippen LogP contribution in [0.5, 0.6) is 0 Å². The molecule has 0 aromatic heterocycles. The summed E-state index contributed by atoms with van der Waals surface area (Å²) in [7, 11) is 0. The lowest BCUT2D eigenvalue weighted by Gasteiger charge is -2.07. The van der Waals surface area contributed by atoms with Crippen LogP contribution in [0.2, 0.25) is 0 Å². The second-order valence-corrected chi connectivity index (χ2v) is 6.75. The number of hydrogen-bond acceptors (Lipinski definition) is 2. The highest BCUT2D eigenvalue weighted by Crippen LogP contribution is 2.39. The number of amides is 2. The molecule has 0 radical (unpaired) electrons. The van der Waals surface area contributed by atoms with Crippen LogP contribution in [0.1, 0.15) is 38.2 Å². The summed E-state index contributed by atoms with van der Waals surface area (Å²) in [6.45, 7) is 4.82. The number of aryl methyl sites for hydroxylation is 1. The number of rotatable bonds is 7. The predicted molar refractivity (Wildman–Crippen MR) is 91.6 cm³/mol. The first kappa shape index (κ1) is 17.0. The van der Waals surface area contributed by atoms with Gasteiger partial charge >= 0.3 is 0 Å². The molecule has 0 bridgehead atoms. The van der Waals surface area contributed by atoms with Crippen LogP contribution in [0.4, 0.5) is 5.69 Å². The Bertz CT molecular complexity index is 560. The molecule has 0 spiro atoms. The fraction of sp³-hybridized carbons (Fsp3) is 0.529. The van der Waals surface area contributed by atoms with Crippen LogP contribution in [0.3, 0.4) is 0 Å². The van der Waals surface area contributed by atoms with E-state index in [1.807, 2.05) is 25.1 Å². The van der Waals surface area contributed by atoms with E-state index in [1.54, 1.807) is 0 Å². The van der Waals surface area contributed by atoms with Crippen molar-refractivity contribution in [3.05, 3.63) is 28.2 Å². The molecule has 0 heterocycles. The summed E-state index contributed by atoms with van der Waals surface area (Å²) in [5.74, 6) is -0.382. The van der Waals surface area contributed by atoms with Crippen molar-refractivity contribution in [3.63, 3.8) is 0 Å². The van der Waals surface area contributed by atoms with Crippen molar-refractivity contribution in [2.24, 2.45) is 11.8 Å². The van der Waals surface area contributed by atoms with Gasteiger partial charge in [0.15, 0.2) is 0 Å². The number of carbonyl (C=O) groups excluding carboxylic acids is 2. The van der Waals surface area contributed by atoms with Crippen molar-refractivity contribution in [2.75, 3.05) is 11.9 Å². The van der Waals surface area contributed by atoms with Crippen molar-refractivity contribution < 1.29 is 9.59 Å². The second-order valence-electron chi connectivity index (χ2n) is 5.90. The molecule has 120 valence electrons. The highest BCUT2D eigenvalue weighted by molar-refractivity contribution is 9.10. The summed E-state index contributed by atoms with van der Waals surface area (Å²) in [6, 6.07) is 5.69. The van der Waals surface area contributed by atoms with Gasteiger partial charge in [0.2, 0.25) is 11.8 Å². The molecule has 1 aliphatic carbocycles. The molecule has 5 heteroatoms. The third-order valence-corrected chi connectivity index (χ3v) is 4.86. The maximum Gasteiger partial charge on any atom is 0.228 e. The number of carbonyl (C=O) groups is 2. The maximum atomic E-state index is 12.2. The Labute approximate surface area is 140 Å². The van der Waals surface area contributed by atoms with Crippen LogP contribution in [0, 0.1) is 18.8 Å². The van der Waals surface area contributed by atoms with E-state index in [1.165, 1.54) is 0 Å². The SMILES string of the molecule is CCCCCNC(=O)C1CC1C(=O)Nc1ccc(Br)c(C)c1. The third kappa shape index (κ3) is 4.57. The van der Waals surface area contributed by atoms with E-state index in [2.05, 4.69) is 33.5 Å². The Kier molecular flexibility index (Phi) is 6.00. The molecular weight excluding hydrogens is 344 g/mol. The molecule has 1 saturated carbocycles. The zero-order valence-corrected chi connectivity index (χ0v) is 14.7. The first-order valence-corrected chi connectivity index (χ1v) is 8.67. The number of halogens is 1. The van der Waals surface area contributed by atoms with Gasteiger partial charge in [0, 0.05) is 16.7 Å². The Morgan fingerprint density at radius 3 is 2.64 bits per heavy atom. The van der Waals surface area contributed by atoms with Gasteiger partial charge in [-0.15, -0.1) is 0 Å². The van der Waals surface area contributed by atoms with Gasteiger partial charge in [-0.1, -0.05) is 35.7 Å². The number of unbranched alkanes of at least 4 members (excludes halogenated alkanes) is 2. The van der Waals surface area contributed by atoms with Crippen molar-refractivity contribution in [1.82, 2.24) is 5.32 Å². The van der Waals surface area contributed by atoms with E-state index in [4.69, 9.17) is 0 Å². The summed E-state index contributed by atoms with van der Waals surface area (Å²) < 4.78 is 1.02. The van der Waals surface area contributed by atoms with Crippen LogP contribution in [0.25, 0.3) is 0 Å². The van der Waals surface area contributed by atoms with E-state index in [0.29, 0.717) is 13.0 Å². The zero-order valence-electron chi connectivity index (χ0n) is 13.1. The summed E-state index contributed by atoms with van der Waals surface area (Å²) in [5.41, 5.74) is 1.85. The largest absolute Gasteiger partial charge is 0.356 e. The topological polar surface area (TPSA) is 58.2 Å². The lowest BCUT2D eigenvalue weighted by molar-refractivity contribution is -0.125. The summed E-state index contributed by atoms with van der Waals surface area (Å²) in [6.07, 6.45) is 3.92. The molecule has 0 aliphatic heterocycles. The molecule has 2 atom stereocenters. The average molecular weight is 367 g/mol. The number of benzene rings is 1. The van der Waals surface area contributed by atoms with Crippen LogP contribution >= 0.6 is 15.9 Å². The molecule has 2 amide bonds. The molecule has 1 aliphatic rings. The normalized spacial score (nSPS) is 19.6. The van der Waals surface area contributed by atoms with Gasteiger partial charge in [0.25, 0.3) is 0 Å². The van der Waals surface area contributed by atoms with Gasteiger partial charge in [-0.05, 0) is 43.5 Å². The van der Waals surface area contributed by atoms with E-state index in [-0.39, 0.29) is 23.7 Å². The average Bonchev–Trinajstić information content (AvgIpc) is 3.28. The van der Waals surface area contributed by atoms with Crippen LogP contribution in [0.15, 0.2) is 22.7 Å². The molecule has 1 aromatic carbocycles. The standard InChI is InChI=1S/C17H23BrN2O2/c1-3-4-5-8-19-16(21)13-10-14(13)17(22)20-12-6-7-15(18)11(2)9-12/h6-7,9,13-14H,3-5,8,10H2,1-2H3,(H,19,21)(H,20,22). The Balaban J connectivity index is 1.78. The highest BCUT2D eigenvalue weighted by Gasteiger charge is 2.47. The third-order valence-electron chi connectivity index (χ3n) is 3.97. The fourth-order valence-electron chi connectivity index (χ4n) is 2.45. The summed E-state index contributed by atoms with van der Waals surface area (Å²) in [4.78, 5) is 24.1. The van der Waals surface area contributed by atoms with Gasteiger partial charge in [0.1, 0.15) is 0 Å². The lowest BCUT2D eigenvalue weighted by Crippen LogP contribution is -2.28. The van der Waals surface area contributed by atoms with Crippen LogP contribution < -0.4 is 10.6 Å². The first-order valence-electron chi connectivity index (χ1n) is 7.87. The Hall–Kier alpha value is -1.36. The molecule has 1 aromatic rings. The van der Waals surface area contributed by atoms with Gasteiger partial charge in [-0.25, -0.2) is 0 Å². The van der Waals surface area contributed by atoms with E-state index in [0.717, 1.165) is 35.0 Å². The molecule has 4 nitrogen and oxygen atoms in total. The van der Waals surface area contributed by atoms with Gasteiger partial charge in [0.05, 0.1) is 11.8 Å². The highest BCUT2D eigenvalue weighted by atomic mass is 79.9. The van der Waals surface area contributed by atoms with E-state index >= 15 is 0 Å². The number of hydrogen-bond donors (Lipinski definition) is 2. The molecule has 1 fully saturated rings. The van der Waals surface area contributed by atoms with Crippen molar-refractivity contribution in [1.29, 1.82) is 0 Å². The molecular formula is C17H23BrN2O2. The Morgan fingerprint density at radius 1 is 1.23 bits per heavy atom.